The Kier molecular flexibility index (Phi) is 7.70. The highest BCUT2D eigenvalue weighted by Gasteiger charge is 2.21. The van der Waals surface area contributed by atoms with Crippen LogP contribution in [0, 0.1) is 0 Å². The van der Waals surface area contributed by atoms with Gasteiger partial charge in [-0.1, -0.05) is 19.1 Å². The van der Waals surface area contributed by atoms with Crippen LogP contribution in [0.25, 0.3) is 11.2 Å². The lowest BCUT2D eigenvalue weighted by Gasteiger charge is -2.16. The van der Waals surface area contributed by atoms with Crippen LogP contribution in [0.4, 0.5) is 5.95 Å². The van der Waals surface area contributed by atoms with Gasteiger partial charge in [-0.3, -0.25) is 13.9 Å². The summed E-state index contributed by atoms with van der Waals surface area (Å²) in [5.74, 6) is 1.08. The van der Waals surface area contributed by atoms with Gasteiger partial charge in [0.15, 0.2) is 11.2 Å². The fourth-order valence-electron chi connectivity index (χ4n) is 3.49. The summed E-state index contributed by atoms with van der Waals surface area (Å²) in [6, 6.07) is 7.71. The third-order valence-corrected chi connectivity index (χ3v) is 5.30. The first-order valence-electron chi connectivity index (χ1n) is 10.7. The maximum Gasteiger partial charge on any atom is 0.332 e. The standard InChI is InChI=1S/C22H31N5O5/c1-5-15-8-6-9-17(12-15)32-14-16(28)13-27-18-19(24-21(27)23-10-7-11-31-4)25(2)22(30)26(3)20(18)29/h6,8-9,12,16,28H,5,7,10-11,13-14H2,1-4H3,(H,23,24)/t16-/m0/s1. The molecule has 0 bridgehead atoms. The Hall–Kier alpha value is -3.11. The number of hydrogen-bond donors (Lipinski definition) is 2. The van der Waals surface area contributed by atoms with E-state index in [4.69, 9.17) is 9.47 Å². The molecule has 1 aromatic carbocycles. The van der Waals surface area contributed by atoms with Gasteiger partial charge in [-0.25, -0.2) is 4.79 Å². The van der Waals surface area contributed by atoms with Crippen LogP contribution in [0.5, 0.6) is 5.75 Å². The number of benzene rings is 1. The molecule has 0 aliphatic carbocycles. The highest BCUT2D eigenvalue weighted by molar-refractivity contribution is 5.74. The van der Waals surface area contributed by atoms with Crippen molar-refractivity contribution in [2.45, 2.75) is 32.4 Å². The molecule has 2 aromatic heterocycles. The molecule has 0 aliphatic heterocycles. The number of fused-ring (bicyclic) bond motifs is 1. The highest BCUT2D eigenvalue weighted by Crippen LogP contribution is 2.18. The minimum absolute atomic E-state index is 0.0437. The van der Waals surface area contributed by atoms with Crippen LogP contribution < -0.4 is 21.3 Å². The first-order chi connectivity index (χ1) is 15.4. The van der Waals surface area contributed by atoms with E-state index in [1.165, 1.54) is 11.6 Å². The molecule has 2 N–H and O–H groups in total. The van der Waals surface area contributed by atoms with Gasteiger partial charge in [0.25, 0.3) is 5.56 Å². The number of nitrogens with zero attached hydrogens (tertiary/aromatic N) is 4. The quantitative estimate of drug-likeness (QED) is 0.422. The minimum Gasteiger partial charge on any atom is -0.491 e. The first kappa shape index (κ1) is 23.6. The van der Waals surface area contributed by atoms with Gasteiger partial charge in [0, 0.05) is 34.4 Å². The molecule has 3 rings (SSSR count). The van der Waals surface area contributed by atoms with Gasteiger partial charge < -0.3 is 24.5 Å². The number of nitrogens with one attached hydrogen (secondary N) is 1. The van der Waals surface area contributed by atoms with Gasteiger partial charge in [0.2, 0.25) is 5.95 Å². The third kappa shape index (κ3) is 5.03. The van der Waals surface area contributed by atoms with E-state index >= 15 is 0 Å². The largest absolute Gasteiger partial charge is 0.491 e. The van der Waals surface area contributed by atoms with Gasteiger partial charge >= 0.3 is 5.69 Å². The molecule has 0 fully saturated rings. The Labute approximate surface area is 186 Å². The number of aromatic nitrogens is 4. The van der Waals surface area contributed by atoms with Gasteiger partial charge in [-0.15, -0.1) is 0 Å². The molecule has 174 valence electrons. The highest BCUT2D eigenvalue weighted by atomic mass is 16.5. The van der Waals surface area contributed by atoms with Crippen LogP contribution >= 0.6 is 0 Å². The Morgan fingerprint density at radius 3 is 2.72 bits per heavy atom. The summed E-state index contributed by atoms with van der Waals surface area (Å²) in [5, 5.41) is 13.9. The molecule has 0 saturated carbocycles. The molecule has 0 amide bonds. The molecule has 3 aromatic rings. The topological polar surface area (TPSA) is 113 Å². The van der Waals surface area contributed by atoms with Crippen molar-refractivity contribution in [3.8, 4) is 5.75 Å². The number of aryl methyl sites for hydroxylation is 2. The molecule has 10 nitrogen and oxygen atoms in total. The zero-order valence-corrected chi connectivity index (χ0v) is 19.0. The minimum atomic E-state index is -0.904. The Balaban J connectivity index is 1.88. The molecule has 0 spiro atoms. The SMILES string of the molecule is CCc1cccc(OC[C@@H](O)Cn2c(NCCCOC)nc3c2c(=O)n(C)c(=O)n3C)c1. The van der Waals surface area contributed by atoms with E-state index in [1.807, 2.05) is 24.3 Å². The second kappa shape index (κ2) is 10.5. The summed E-state index contributed by atoms with van der Waals surface area (Å²) < 4.78 is 14.8. The fourth-order valence-corrected chi connectivity index (χ4v) is 3.49. The third-order valence-electron chi connectivity index (χ3n) is 5.30. The summed E-state index contributed by atoms with van der Waals surface area (Å²) in [5.41, 5.74) is 0.721. The van der Waals surface area contributed by atoms with E-state index in [1.54, 1.807) is 18.7 Å². The van der Waals surface area contributed by atoms with Crippen molar-refractivity contribution in [2.75, 3.05) is 32.2 Å². The maximum absolute atomic E-state index is 12.9. The average molecular weight is 446 g/mol. The summed E-state index contributed by atoms with van der Waals surface area (Å²) in [6.07, 6.45) is 0.718. The normalized spacial score (nSPS) is 12.3. The smallest absolute Gasteiger partial charge is 0.332 e. The number of imidazole rings is 1. The molecular formula is C22H31N5O5. The number of rotatable bonds is 11. The van der Waals surface area contributed by atoms with Crippen molar-refractivity contribution in [1.29, 1.82) is 0 Å². The van der Waals surface area contributed by atoms with Gasteiger partial charge in [0.05, 0.1) is 6.54 Å². The Morgan fingerprint density at radius 2 is 2.00 bits per heavy atom. The van der Waals surface area contributed by atoms with E-state index in [0.717, 1.165) is 23.0 Å². The van der Waals surface area contributed by atoms with Gasteiger partial charge in [0.1, 0.15) is 18.5 Å². The van der Waals surface area contributed by atoms with Crippen LogP contribution in [0.15, 0.2) is 33.9 Å². The average Bonchev–Trinajstić information content (AvgIpc) is 3.16. The number of ether oxygens (including phenoxy) is 2. The lowest BCUT2D eigenvalue weighted by molar-refractivity contribution is 0.0937. The molecule has 1 atom stereocenters. The zero-order valence-electron chi connectivity index (χ0n) is 19.0. The van der Waals surface area contributed by atoms with E-state index in [0.29, 0.717) is 24.8 Å². The van der Waals surface area contributed by atoms with E-state index < -0.39 is 17.4 Å². The lowest BCUT2D eigenvalue weighted by Crippen LogP contribution is -2.38. The molecule has 2 heterocycles. The Bertz CT molecular complexity index is 1180. The van der Waals surface area contributed by atoms with Crippen molar-refractivity contribution >= 4 is 17.1 Å². The molecule has 32 heavy (non-hydrogen) atoms. The number of aliphatic hydroxyl groups is 1. The molecule has 0 unspecified atom stereocenters. The zero-order chi connectivity index (χ0) is 23.3. The van der Waals surface area contributed by atoms with Crippen LogP contribution in [0.2, 0.25) is 0 Å². The summed E-state index contributed by atoms with van der Waals surface area (Å²) in [6.45, 7) is 3.31. The van der Waals surface area contributed by atoms with Crippen LogP contribution in [0.1, 0.15) is 18.9 Å². The second-order valence-electron chi connectivity index (χ2n) is 7.66. The van der Waals surface area contributed by atoms with E-state index in [9.17, 15) is 14.7 Å². The number of anilines is 1. The van der Waals surface area contributed by atoms with Crippen molar-refractivity contribution < 1.29 is 14.6 Å². The molecular weight excluding hydrogens is 414 g/mol. The van der Waals surface area contributed by atoms with Crippen molar-refractivity contribution in [3.63, 3.8) is 0 Å². The van der Waals surface area contributed by atoms with Crippen molar-refractivity contribution in [3.05, 3.63) is 50.7 Å². The van der Waals surface area contributed by atoms with Crippen molar-refractivity contribution in [2.24, 2.45) is 14.1 Å². The lowest BCUT2D eigenvalue weighted by atomic mass is 10.2. The molecule has 0 aliphatic rings. The predicted octanol–water partition coefficient (Wildman–Crippen LogP) is 0.884. The van der Waals surface area contributed by atoms with Gasteiger partial charge in [-0.05, 0) is 30.5 Å². The number of hydrogen-bond acceptors (Lipinski definition) is 7. The Morgan fingerprint density at radius 1 is 1.22 bits per heavy atom. The number of aliphatic hydroxyl groups excluding tert-OH is 1. The van der Waals surface area contributed by atoms with E-state index in [2.05, 4.69) is 17.2 Å². The maximum atomic E-state index is 12.9. The van der Waals surface area contributed by atoms with E-state index in [-0.39, 0.29) is 24.3 Å². The fraction of sp³-hybridized carbons (Fsp3) is 0.500. The van der Waals surface area contributed by atoms with Gasteiger partial charge in [-0.2, -0.15) is 4.98 Å². The first-order valence-corrected chi connectivity index (χ1v) is 10.7. The molecule has 10 heteroatoms. The molecule has 0 saturated heterocycles. The van der Waals surface area contributed by atoms with Crippen LogP contribution in [-0.2, 0) is 31.8 Å². The predicted molar refractivity (Wildman–Crippen MR) is 123 cm³/mol. The molecule has 0 radical (unpaired) electrons. The second-order valence-corrected chi connectivity index (χ2v) is 7.66. The van der Waals surface area contributed by atoms with Crippen LogP contribution in [0.3, 0.4) is 0 Å². The summed E-state index contributed by atoms with van der Waals surface area (Å²) in [7, 11) is 4.62. The monoisotopic (exact) mass is 445 g/mol. The van der Waals surface area contributed by atoms with Crippen molar-refractivity contribution in [1.82, 2.24) is 18.7 Å². The van der Waals surface area contributed by atoms with Crippen LogP contribution in [-0.4, -0.2) is 56.8 Å². The summed E-state index contributed by atoms with van der Waals surface area (Å²) in [4.78, 5) is 29.7. The summed E-state index contributed by atoms with van der Waals surface area (Å²) >= 11 is 0. The number of methoxy groups -OCH3 is 1.